The molecular formula is C18H17N7O2S. The molecule has 1 aromatic carbocycles. The van der Waals surface area contributed by atoms with Crippen molar-refractivity contribution >= 4 is 32.4 Å². The van der Waals surface area contributed by atoms with Crippen LogP contribution in [0.3, 0.4) is 0 Å². The topological polar surface area (TPSA) is 105 Å². The van der Waals surface area contributed by atoms with Crippen LogP contribution in [0.4, 0.5) is 5.82 Å². The van der Waals surface area contributed by atoms with Crippen molar-refractivity contribution in [2.75, 3.05) is 18.0 Å². The van der Waals surface area contributed by atoms with Crippen LogP contribution in [0.5, 0.6) is 0 Å². The second-order valence-corrected chi connectivity index (χ2v) is 8.39. The normalized spacial score (nSPS) is 17.6. The molecular weight excluding hydrogens is 378 g/mol. The van der Waals surface area contributed by atoms with Crippen molar-refractivity contribution in [3.05, 3.63) is 55.0 Å². The number of aromatic nitrogens is 5. The highest BCUT2D eigenvalue weighted by atomic mass is 32.2. The van der Waals surface area contributed by atoms with Gasteiger partial charge in [-0.2, -0.15) is 4.52 Å². The smallest absolute Gasteiger partial charge is 0.243 e. The molecule has 10 heteroatoms. The van der Waals surface area contributed by atoms with Gasteiger partial charge in [-0.1, -0.05) is 18.2 Å². The van der Waals surface area contributed by atoms with Crippen molar-refractivity contribution in [2.45, 2.75) is 17.4 Å². The van der Waals surface area contributed by atoms with Crippen LogP contribution in [0.25, 0.3) is 16.6 Å². The zero-order chi connectivity index (χ0) is 19.1. The summed E-state index contributed by atoms with van der Waals surface area (Å²) in [7, 11) is -3.69. The van der Waals surface area contributed by atoms with E-state index < -0.39 is 10.0 Å². The molecule has 28 heavy (non-hydrogen) atoms. The Morgan fingerprint density at radius 2 is 2.00 bits per heavy atom. The number of anilines is 1. The van der Waals surface area contributed by atoms with Gasteiger partial charge in [0.05, 0.1) is 5.52 Å². The van der Waals surface area contributed by atoms with Gasteiger partial charge >= 0.3 is 0 Å². The number of nitrogens with zero attached hydrogens (tertiary/aromatic N) is 6. The predicted octanol–water partition coefficient (Wildman–Crippen LogP) is 1.23. The summed E-state index contributed by atoms with van der Waals surface area (Å²) < 4.78 is 30.4. The number of sulfonamides is 1. The van der Waals surface area contributed by atoms with Gasteiger partial charge in [0, 0.05) is 30.7 Å². The highest BCUT2D eigenvalue weighted by molar-refractivity contribution is 7.89. The van der Waals surface area contributed by atoms with E-state index in [9.17, 15) is 8.42 Å². The second kappa shape index (κ2) is 6.50. The molecule has 1 fully saturated rings. The van der Waals surface area contributed by atoms with E-state index in [0.717, 1.165) is 11.2 Å². The minimum atomic E-state index is -3.69. The Morgan fingerprint density at radius 3 is 2.93 bits per heavy atom. The first-order valence-electron chi connectivity index (χ1n) is 8.88. The molecule has 9 nitrogen and oxygen atoms in total. The van der Waals surface area contributed by atoms with Gasteiger partial charge in [-0.05, 0) is 30.7 Å². The lowest BCUT2D eigenvalue weighted by Gasteiger charge is -2.18. The molecule has 1 aliphatic rings. The Labute approximate surface area is 161 Å². The van der Waals surface area contributed by atoms with Crippen molar-refractivity contribution in [1.82, 2.24) is 29.5 Å². The maximum absolute atomic E-state index is 13.0. The molecule has 0 amide bonds. The fraction of sp³-hybridized carbons (Fsp3) is 0.222. The summed E-state index contributed by atoms with van der Waals surface area (Å²) in [6, 6.07) is 12.3. The zero-order valence-electron chi connectivity index (χ0n) is 14.8. The largest absolute Gasteiger partial charge is 0.354 e. The molecule has 142 valence electrons. The first-order chi connectivity index (χ1) is 13.6. The van der Waals surface area contributed by atoms with Crippen molar-refractivity contribution in [1.29, 1.82) is 0 Å². The Balaban J connectivity index is 1.37. The third-order valence-corrected chi connectivity index (χ3v) is 6.42. The maximum atomic E-state index is 13.0. The van der Waals surface area contributed by atoms with Crippen LogP contribution >= 0.6 is 0 Å². The lowest BCUT2D eigenvalue weighted by atomic mass is 10.2. The first-order valence-corrected chi connectivity index (χ1v) is 10.4. The Kier molecular flexibility index (Phi) is 3.95. The minimum Gasteiger partial charge on any atom is -0.354 e. The number of fused-ring (bicyclic) bond motifs is 2. The highest BCUT2D eigenvalue weighted by Gasteiger charge is 2.29. The lowest BCUT2D eigenvalue weighted by molar-refractivity contribution is 0.562. The van der Waals surface area contributed by atoms with Gasteiger partial charge in [-0.25, -0.2) is 13.1 Å². The average molecular weight is 395 g/mol. The summed E-state index contributed by atoms with van der Waals surface area (Å²) in [5.41, 5.74) is 1.15. The third kappa shape index (κ3) is 2.96. The summed E-state index contributed by atoms with van der Waals surface area (Å²) in [4.78, 5) is 6.51. The van der Waals surface area contributed by atoms with Gasteiger partial charge in [0.25, 0.3) is 0 Å². The molecule has 0 radical (unpaired) electrons. The first kappa shape index (κ1) is 17.0. The molecule has 0 bridgehead atoms. The number of rotatable bonds is 4. The molecule has 4 heterocycles. The maximum Gasteiger partial charge on any atom is 0.243 e. The van der Waals surface area contributed by atoms with E-state index in [1.54, 1.807) is 35.2 Å². The van der Waals surface area contributed by atoms with E-state index in [0.29, 0.717) is 30.7 Å². The predicted molar refractivity (Wildman–Crippen MR) is 103 cm³/mol. The molecule has 1 atom stereocenters. The SMILES string of the molecule is O=S(=O)(N[C@@H]1CCN(c2ccc3nncn3n2)C1)c1cccc2cccnc12. The van der Waals surface area contributed by atoms with Crippen LogP contribution in [0.2, 0.25) is 0 Å². The van der Waals surface area contributed by atoms with E-state index in [4.69, 9.17) is 0 Å². The molecule has 0 saturated carbocycles. The molecule has 5 rings (SSSR count). The van der Waals surface area contributed by atoms with Crippen molar-refractivity contribution in [3.8, 4) is 0 Å². The standard InChI is InChI=1S/C18H17N7O2S/c26-28(27,15-5-1-3-13-4-2-9-19-18(13)15)23-14-8-10-24(11-14)17-7-6-16-21-20-12-25(16)22-17/h1-7,9,12,14,23H,8,10-11H2/t14-/m1/s1. The van der Waals surface area contributed by atoms with Crippen LogP contribution in [0.1, 0.15) is 6.42 Å². The van der Waals surface area contributed by atoms with E-state index in [2.05, 4.69) is 25.0 Å². The number of nitrogens with one attached hydrogen (secondary N) is 1. The quantitative estimate of drug-likeness (QED) is 0.554. The van der Waals surface area contributed by atoms with E-state index >= 15 is 0 Å². The number of hydrogen-bond acceptors (Lipinski definition) is 7. The summed E-state index contributed by atoms with van der Waals surface area (Å²) in [6.07, 6.45) is 3.84. The second-order valence-electron chi connectivity index (χ2n) is 6.71. The Hall–Kier alpha value is -3.11. The summed E-state index contributed by atoms with van der Waals surface area (Å²) in [5, 5.41) is 13.0. The van der Waals surface area contributed by atoms with Gasteiger partial charge < -0.3 is 4.90 Å². The molecule has 1 aliphatic heterocycles. The molecule has 1 N–H and O–H groups in total. The summed E-state index contributed by atoms with van der Waals surface area (Å²) in [5.74, 6) is 0.765. The number of hydrogen-bond donors (Lipinski definition) is 1. The fourth-order valence-electron chi connectivity index (χ4n) is 3.53. The number of para-hydroxylation sites is 1. The van der Waals surface area contributed by atoms with Gasteiger partial charge in [0.1, 0.15) is 17.0 Å². The summed E-state index contributed by atoms with van der Waals surface area (Å²) in [6.45, 7) is 1.25. The monoisotopic (exact) mass is 395 g/mol. The van der Waals surface area contributed by atoms with E-state index in [-0.39, 0.29) is 10.9 Å². The molecule has 0 spiro atoms. The lowest BCUT2D eigenvalue weighted by Crippen LogP contribution is -2.37. The minimum absolute atomic E-state index is 0.202. The van der Waals surface area contributed by atoms with Crippen molar-refractivity contribution < 1.29 is 8.42 Å². The average Bonchev–Trinajstić information content (AvgIpc) is 3.35. The number of pyridine rings is 1. The third-order valence-electron chi connectivity index (χ3n) is 4.87. The van der Waals surface area contributed by atoms with E-state index in [1.807, 2.05) is 29.2 Å². The molecule has 3 aromatic heterocycles. The number of benzene rings is 1. The molecule has 4 aromatic rings. The molecule has 0 aliphatic carbocycles. The van der Waals surface area contributed by atoms with Gasteiger partial charge in [-0.3, -0.25) is 4.98 Å². The Bertz CT molecular complexity index is 1270. The van der Waals surface area contributed by atoms with Crippen LogP contribution in [0.15, 0.2) is 59.9 Å². The van der Waals surface area contributed by atoms with E-state index in [1.165, 1.54) is 0 Å². The van der Waals surface area contributed by atoms with Gasteiger partial charge in [-0.15, -0.1) is 15.3 Å². The van der Waals surface area contributed by atoms with Gasteiger partial charge in [0.15, 0.2) is 5.65 Å². The highest BCUT2D eigenvalue weighted by Crippen LogP contribution is 2.23. The fourth-order valence-corrected chi connectivity index (χ4v) is 4.97. The van der Waals surface area contributed by atoms with Crippen LogP contribution in [-0.4, -0.2) is 52.3 Å². The Morgan fingerprint density at radius 1 is 1.11 bits per heavy atom. The van der Waals surface area contributed by atoms with Crippen molar-refractivity contribution in [2.24, 2.45) is 0 Å². The summed E-state index contributed by atoms with van der Waals surface area (Å²) >= 11 is 0. The molecule has 1 saturated heterocycles. The van der Waals surface area contributed by atoms with Crippen LogP contribution < -0.4 is 9.62 Å². The van der Waals surface area contributed by atoms with Crippen molar-refractivity contribution in [3.63, 3.8) is 0 Å². The van der Waals surface area contributed by atoms with Crippen LogP contribution in [0, 0.1) is 0 Å². The van der Waals surface area contributed by atoms with Crippen LogP contribution in [-0.2, 0) is 10.0 Å². The van der Waals surface area contributed by atoms with Gasteiger partial charge in [0.2, 0.25) is 10.0 Å². The zero-order valence-corrected chi connectivity index (χ0v) is 15.6. The molecule has 0 unspecified atom stereocenters.